The van der Waals surface area contributed by atoms with E-state index in [0.717, 1.165) is 25.9 Å². The van der Waals surface area contributed by atoms with Crippen molar-refractivity contribution in [2.75, 3.05) is 37.8 Å². The Balaban J connectivity index is 2.73. The third-order valence-electron chi connectivity index (χ3n) is 2.86. The molecular formula is C14H24Cl2N4. The van der Waals surface area contributed by atoms with Crippen LogP contribution < -0.4 is 10.6 Å². The van der Waals surface area contributed by atoms with Gasteiger partial charge >= 0.3 is 0 Å². The molecule has 0 aliphatic carbocycles. The Labute approximate surface area is 131 Å². The molecule has 0 bridgehead atoms. The second-order valence-corrected chi connectivity index (χ2v) is 6.03. The lowest BCUT2D eigenvalue weighted by molar-refractivity contribution is 0.390. The highest BCUT2D eigenvalue weighted by Gasteiger charge is 2.11. The van der Waals surface area contributed by atoms with Crippen molar-refractivity contribution in [2.45, 2.75) is 32.7 Å². The molecule has 0 saturated heterocycles. The van der Waals surface area contributed by atoms with E-state index >= 15 is 0 Å². The Morgan fingerprint density at radius 1 is 1.25 bits per heavy atom. The van der Waals surface area contributed by atoms with Gasteiger partial charge in [-0.1, -0.05) is 30.1 Å². The van der Waals surface area contributed by atoms with Crippen molar-refractivity contribution in [3.8, 4) is 0 Å². The van der Waals surface area contributed by atoms with Crippen LogP contribution in [-0.4, -0.2) is 43.1 Å². The molecule has 20 heavy (non-hydrogen) atoms. The zero-order chi connectivity index (χ0) is 15.1. The molecule has 1 heterocycles. The minimum atomic E-state index is 0.294. The van der Waals surface area contributed by atoms with Crippen molar-refractivity contribution in [1.29, 1.82) is 0 Å². The third kappa shape index (κ3) is 5.73. The topological polar surface area (TPSA) is 40.2 Å². The largest absolute Gasteiger partial charge is 0.369 e. The van der Waals surface area contributed by atoms with Crippen LogP contribution in [0, 0.1) is 0 Å². The number of aromatic nitrogens is 1. The van der Waals surface area contributed by atoms with Gasteiger partial charge in [-0.25, -0.2) is 4.98 Å². The summed E-state index contributed by atoms with van der Waals surface area (Å²) in [7, 11) is 4.13. The van der Waals surface area contributed by atoms with Gasteiger partial charge in [0.1, 0.15) is 11.6 Å². The highest BCUT2D eigenvalue weighted by Crippen LogP contribution is 2.29. The zero-order valence-corrected chi connectivity index (χ0v) is 14.1. The van der Waals surface area contributed by atoms with E-state index in [1.807, 2.05) is 0 Å². The predicted molar refractivity (Wildman–Crippen MR) is 89.3 cm³/mol. The van der Waals surface area contributed by atoms with E-state index in [1.165, 1.54) is 0 Å². The molecule has 0 aliphatic rings. The second-order valence-electron chi connectivity index (χ2n) is 5.21. The first-order valence-electron chi connectivity index (χ1n) is 6.95. The summed E-state index contributed by atoms with van der Waals surface area (Å²) in [6.07, 6.45) is 2.04. The molecule has 4 nitrogen and oxygen atoms in total. The number of hydrogen-bond donors (Lipinski definition) is 2. The predicted octanol–water partition coefficient (Wildman–Crippen LogP) is 3.96. The molecule has 6 heteroatoms. The molecule has 2 N–H and O–H groups in total. The Morgan fingerprint density at radius 2 is 1.90 bits per heavy atom. The monoisotopic (exact) mass is 318 g/mol. The van der Waals surface area contributed by atoms with E-state index < -0.39 is 0 Å². The normalized spacial score (nSPS) is 12.6. The highest BCUT2D eigenvalue weighted by molar-refractivity contribution is 6.37. The molecule has 0 spiro atoms. The fourth-order valence-corrected chi connectivity index (χ4v) is 2.17. The van der Waals surface area contributed by atoms with Crippen LogP contribution in [0.4, 0.5) is 11.6 Å². The van der Waals surface area contributed by atoms with Gasteiger partial charge in [0.2, 0.25) is 0 Å². The molecule has 0 amide bonds. The van der Waals surface area contributed by atoms with Gasteiger partial charge in [-0.15, -0.1) is 0 Å². The minimum absolute atomic E-state index is 0.294. The zero-order valence-electron chi connectivity index (χ0n) is 12.6. The summed E-state index contributed by atoms with van der Waals surface area (Å²) in [5.74, 6) is 1.36. The van der Waals surface area contributed by atoms with Crippen LogP contribution in [0.1, 0.15) is 26.7 Å². The molecule has 0 saturated carbocycles. The van der Waals surface area contributed by atoms with Crippen molar-refractivity contribution in [1.82, 2.24) is 9.88 Å². The van der Waals surface area contributed by atoms with Crippen molar-refractivity contribution in [2.24, 2.45) is 0 Å². The average Bonchev–Trinajstić information content (AvgIpc) is 2.38. The standard InChI is InChI=1S/C14H24Cl2N4/c1-5-7-17-13-11(15)9-12(16)14(19-13)18-10(2)6-8-20(3)4/h9-10H,5-8H2,1-4H3,(H2,17,18,19). The van der Waals surface area contributed by atoms with Crippen molar-refractivity contribution in [3.63, 3.8) is 0 Å². The lowest BCUT2D eigenvalue weighted by atomic mass is 10.2. The number of nitrogens with zero attached hydrogens (tertiary/aromatic N) is 2. The van der Waals surface area contributed by atoms with Crippen LogP contribution in [0.15, 0.2) is 6.07 Å². The van der Waals surface area contributed by atoms with Gasteiger partial charge in [0.15, 0.2) is 0 Å². The minimum Gasteiger partial charge on any atom is -0.369 e. The van der Waals surface area contributed by atoms with Gasteiger partial charge in [-0.3, -0.25) is 0 Å². The lowest BCUT2D eigenvalue weighted by Gasteiger charge is -2.19. The number of anilines is 2. The summed E-state index contributed by atoms with van der Waals surface area (Å²) in [5, 5.41) is 7.65. The van der Waals surface area contributed by atoms with Gasteiger partial charge in [0.05, 0.1) is 10.0 Å². The SMILES string of the molecule is CCCNc1nc(NC(C)CCN(C)C)c(Cl)cc1Cl. The Bertz CT molecular complexity index is 424. The molecule has 1 unspecified atom stereocenters. The summed E-state index contributed by atoms with van der Waals surface area (Å²) >= 11 is 12.3. The highest BCUT2D eigenvalue weighted by atomic mass is 35.5. The van der Waals surface area contributed by atoms with Crippen LogP contribution in [-0.2, 0) is 0 Å². The van der Waals surface area contributed by atoms with Crippen molar-refractivity contribution >= 4 is 34.8 Å². The molecular weight excluding hydrogens is 295 g/mol. The summed E-state index contributed by atoms with van der Waals surface area (Å²) in [6.45, 7) is 6.07. The Morgan fingerprint density at radius 3 is 2.50 bits per heavy atom. The second kappa shape index (κ2) is 8.55. The maximum absolute atomic E-state index is 6.19. The van der Waals surface area contributed by atoms with Gasteiger partial charge in [-0.2, -0.15) is 0 Å². The quantitative estimate of drug-likeness (QED) is 0.761. The number of pyridine rings is 1. The van der Waals surface area contributed by atoms with Crippen molar-refractivity contribution < 1.29 is 0 Å². The van der Waals surface area contributed by atoms with Crippen LogP contribution in [0.2, 0.25) is 10.0 Å². The first-order valence-corrected chi connectivity index (χ1v) is 7.70. The van der Waals surface area contributed by atoms with Gasteiger partial charge in [0, 0.05) is 12.6 Å². The number of hydrogen-bond acceptors (Lipinski definition) is 4. The lowest BCUT2D eigenvalue weighted by Crippen LogP contribution is -2.23. The summed E-state index contributed by atoms with van der Waals surface area (Å²) in [4.78, 5) is 6.63. The average molecular weight is 319 g/mol. The smallest absolute Gasteiger partial charge is 0.147 e. The van der Waals surface area contributed by atoms with Crippen LogP contribution in [0.5, 0.6) is 0 Å². The van der Waals surface area contributed by atoms with Crippen LogP contribution >= 0.6 is 23.2 Å². The summed E-state index contributed by atoms with van der Waals surface area (Å²) in [6, 6.07) is 2.03. The molecule has 114 valence electrons. The first kappa shape index (κ1) is 17.3. The van der Waals surface area contributed by atoms with E-state index in [0.29, 0.717) is 27.7 Å². The maximum Gasteiger partial charge on any atom is 0.147 e. The van der Waals surface area contributed by atoms with E-state index in [2.05, 4.69) is 48.5 Å². The summed E-state index contributed by atoms with van der Waals surface area (Å²) in [5.41, 5.74) is 0. The molecule has 0 fully saturated rings. The molecule has 1 aromatic rings. The Kier molecular flexibility index (Phi) is 7.41. The van der Waals surface area contributed by atoms with Gasteiger partial charge in [-0.05, 0) is 46.5 Å². The molecule has 1 rings (SSSR count). The first-order chi connectivity index (χ1) is 9.43. The maximum atomic E-state index is 6.19. The molecule has 1 atom stereocenters. The van der Waals surface area contributed by atoms with E-state index in [4.69, 9.17) is 23.2 Å². The fourth-order valence-electron chi connectivity index (χ4n) is 1.69. The van der Waals surface area contributed by atoms with Crippen LogP contribution in [0.25, 0.3) is 0 Å². The Hall–Kier alpha value is -0.710. The summed E-state index contributed by atoms with van der Waals surface area (Å²) < 4.78 is 0. The van der Waals surface area contributed by atoms with Crippen LogP contribution in [0.3, 0.4) is 0 Å². The molecule has 1 aromatic heterocycles. The van der Waals surface area contributed by atoms with Gasteiger partial charge < -0.3 is 15.5 Å². The number of rotatable bonds is 8. The van der Waals surface area contributed by atoms with E-state index in [9.17, 15) is 0 Å². The van der Waals surface area contributed by atoms with Crippen molar-refractivity contribution in [3.05, 3.63) is 16.1 Å². The van der Waals surface area contributed by atoms with Gasteiger partial charge in [0.25, 0.3) is 0 Å². The third-order valence-corrected chi connectivity index (χ3v) is 3.44. The molecule has 0 aliphatic heterocycles. The van der Waals surface area contributed by atoms with E-state index in [-0.39, 0.29) is 0 Å². The number of nitrogens with one attached hydrogen (secondary N) is 2. The number of halogens is 2. The van der Waals surface area contributed by atoms with E-state index in [1.54, 1.807) is 6.07 Å². The fraction of sp³-hybridized carbons (Fsp3) is 0.643. The molecule has 0 radical (unpaired) electrons. The molecule has 0 aromatic carbocycles.